The highest BCUT2D eigenvalue weighted by molar-refractivity contribution is 5.92. The zero-order valence-corrected chi connectivity index (χ0v) is 17.5. The molecule has 0 aromatic heterocycles. The van der Waals surface area contributed by atoms with Crippen molar-refractivity contribution in [2.24, 2.45) is 11.5 Å². The number of hydrogen-bond acceptors (Lipinski definition) is 8. The van der Waals surface area contributed by atoms with E-state index in [1.54, 1.807) is 0 Å². The smallest absolute Gasteiger partial charge is 0.246 e. The third-order valence-corrected chi connectivity index (χ3v) is 6.06. The molecule has 0 radical (unpaired) electrons. The number of nitrogens with one attached hydrogen (secondary N) is 1. The van der Waals surface area contributed by atoms with Gasteiger partial charge in [0.15, 0.2) is 0 Å². The first-order valence-corrected chi connectivity index (χ1v) is 10.3. The Bertz CT molecular complexity index is 672. The number of nitrogens with two attached hydrogens (primary N) is 2. The fourth-order valence-corrected chi connectivity index (χ4v) is 4.24. The van der Waals surface area contributed by atoms with Crippen molar-refractivity contribution >= 4 is 24.0 Å². The van der Waals surface area contributed by atoms with E-state index >= 15 is 0 Å². The predicted octanol–water partition coefficient (Wildman–Crippen LogP) is -2.93. The maximum Gasteiger partial charge on any atom is 0.246 e. The molecule has 0 bridgehead atoms. The summed E-state index contributed by atoms with van der Waals surface area (Å²) in [5.74, 6) is -1.63. The molecule has 30 heavy (non-hydrogen) atoms. The van der Waals surface area contributed by atoms with E-state index < -0.39 is 47.7 Å². The normalized spacial score (nSPS) is 28.1. The zero-order valence-electron chi connectivity index (χ0n) is 17.5. The standard InChI is InChI=1S/C19H33N5O6/c1-11(26)14(20)18(30)23-7-3-5-13(23)17(29)24-8-4-6-19(24,10-25)9-22-15(12(2)27)16(21)28/h10-15,22,26-27H,3-9,20H2,1-2H3,(H2,21,28)/t11-,12-,13?,14+,15+,19-/m1/s1. The summed E-state index contributed by atoms with van der Waals surface area (Å²) in [6.07, 6.45) is 0.568. The van der Waals surface area contributed by atoms with Gasteiger partial charge in [0.25, 0.3) is 0 Å². The Morgan fingerprint density at radius 1 is 1.20 bits per heavy atom. The van der Waals surface area contributed by atoms with Gasteiger partial charge in [0.2, 0.25) is 17.7 Å². The average molecular weight is 428 g/mol. The summed E-state index contributed by atoms with van der Waals surface area (Å²) in [6.45, 7) is 3.45. The summed E-state index contributed by atoms with van der Waals surface area (Å²) in [4.78, 5) is 52.4. The van der Waals surface area contributed by atoms with Gasteiger partial charge in [-0.15, -0.1) is 0 Å². The van der Waals surface area contributed by atoms with Crippen molar-refractivity contribution < 1.29 is 29.4 Å². The van der Waals surface area contributed by atoms with Gasteiger partial charge >= 0.3 is 0 Å². The van der Waals surface area contributed by atoms with Crippen molar-refractivity contribution in [2.45, 2.75) is 75.4 Å². The van der Waals surface area contributed by atoms with Crippen molar-refractivity contribution in [3.05, 3.63) is 0 Å². The molecule has 6 atom stereocenters. The SMILES string of the molecule is C[C@@H](O)[C@H](N)C(=O)N1CCCC1C(=O)N1CCC[C@]1(C=O)CN[C@H](C(N)=O)[C@@H](C)O. The number of aldehydes is 1. The van der Waals surface area contributed by atoms with Crippen LogP contribution in [0.25, 0.3) is 0 Å². The van der Waals surface area contributed by atoms with Crippen LogP contribution in [0.4, 0.5) is 0 Å². The predicted molar refractivity (Wildman–Crippen MR) is 107 cm³/mol. The molecule has 2 aliphatic rings. The molecule has 2 heterocycles. The summed E-state index contributed by atoms with van der Waals surface area (Å²) < 4.78 is 0. The highest BCUT2D eigenvalue weighted by Gasteiger charge is 2.48. The number of hydrogen-bond donors (Lipinski definition) is 5. The number of aliphatic hydroxyl groups is 2. The maximum absolute atomic E-state index is 13.3. The number of nitrogens with zero attached hydrogens (tertiary/aromatic N) is 2. The lowest BCUT2D eigenvalue weighted by Gasteiger charge is -2.38. The number of carbonyl (C=O) groups excluding carboxylic acids is 4. The van der Waals surface area contributed by atoms with E-state index in [1.807, 2.05) is 0 Å². The van der Waals surface area contributed by atoms with Crippen LogP contribution >= 0.6 is 0 Å². The van der Waals surface area contributed by atoms with Crippen LogP contribution in [0.2, 0.25) is 0 Å². The Labute approximate surface area is 175 Å². The van der Waals surface area contributed by atoms with Gasteiger partial charge in [-0.2, -0.15) is 0 Å². The van der Waals surface area contributed by atoms with Crippen LogP contribution in [-0.2, 0) is 19.2 Å². The summed E-state index contributed by atoms with van der Waals surface area (Å²) >= 11 is 0. The molecule has 3 amide bonds. The molecule has 0 aromatic carbocycles. The number of likely N-dealkylation sites (tertiary alicyclic amines) is 2. The first-order valence-electron chi connectivity index (χ1n) is 10.3. The molecular weight excluding hydrogens is 394 g/mol. The second-order valence-electron chi connectivity index (χ2n) is 8.27. The van der Waals surface area contributed by atoms with Crippen molar-refractivity contribution in [1.82, 2.24) is 15.1 Å². The van der Waals surface area contributed by atoms with Crippen molar-refractivity contribution in [3.8, 4) is 0 Å². The minimum Gasteiger partial charge on any atom is -0.391 e. The lowest BCUT2D eigenvalue weighted by molar-refractivity contribution is -0.149. The highest BCUT2D eigenvalue weighted by atomic mass is 16.3. The fourth-order valence-electron chi connectivity index (χ4n) is 4.24. The largest absolute Gasteiger partial charge is 0.391 e. The van der Waals surface area contributed by atoms with Gasteiger partial charge in [0, 0.05) is 19.6 Å². The zero-order chi connectivity index (χ0) is 22.6. The first-order chi connectivity index (χ1) is 14.1. The molecule has 2 rings (SSSR count). The van der Waals surface area contributed by atoms with Gasteiger partial charge in [-0.25, -0.2) is 0 Å². The highest BCUT2D eigenvalue weighted by Crippen LogP contribution is 2.31. The lowest BCUT2D eigenvalue weighted by atomic mass is 9.96. The van der Waals surface area contributed by atoms with E-state index in [9.17, 15) is 29.4 Å². The molecule has 7 N–H and O–H groups in total. The van der Waals surface area contributed by atoms with E-state index in [0.29, 0.717) is 45.1 Å². The Balaban J connectivity index is 2.19. The molecule has 2 saturated heterocycles. The topological polar surface area (TPSA) is 179 Å². The van der Waals surface area contributed by atoms with Crippen molar-refractivity contribution in [3.63, 3.8) is 0 Å². The fraction of sp³-hybridized carbons (Fsp3) is 0.789. The Morgan fingerprint density at radius 2 is 1.87 bits per heavy atom. The van der Waals surface area contributed by atoms with Crippen LogP contribution in [0.1, 0.15) is 39.5 Å². The molecule has 0 saturated carbocycles. The van der Waals surface area contributed by atoms with Gasteiger partial charge < -0.3 is 41.6 Å². The molecular formula is C19H33N5O6. The number of carbonyl (C=O) groups is 4. The van der Waals surface area contributed by atoms with E-state index in [2.05, 4.69) is 5.32 Å². The molecule has 1 unspecified atom stereocenters. The van der Waals surface area contributed by atoms with E-state index in [0.717, 1.165) is 0 Å². The Hall–Kier alpha value is -2.08. The summed E-state index contributed by atoms with van der Waals surface area (Å²) in [5, 5.41) is 22.2. The molecule has 11 nitrogen and oxygen atoms in total. The van der Waals surface area contributed by atoms with Gasteiger partial charge in [-0.3, -0.25) is 14.4 Å². The van der Waals surface area contributed by atoms with Gasteiger partial charge in [0.05, 0.1) is 12.2 Å². The van der Waals surface area contributed by atoms with Crippen LogP contribution in [0, 0.1) is 0 Å². The van der Waals surface area contributed by atoms with Gasteiger partial charge in [-0.05, 0) is 39.5 Å². The average Bonchev–Trinajstić information content (AvgIpc) is 3.33. The van der Waals surface area contributed by atoms with E-state index in [-0.39, 0.29) is 12.5 Å². The Kier molecular flexibility index (Phi) is 7.92. The molecule has 2 fully saturated rings. The van der Waals surface area contributed by atoms with Crippen LogP contribution in [0.5, 0.6) is 0 Å². The van der Waals surface area contributed by atoms with Crippen molar-refractivity contribution in [1.29, 1.82) is 0 Å². The molecule has 11 heteroatoms. The summed E-state index contributed by atoms with van der Waals surface area (Å²) in [5.41, 5.74) is 9.87. The molecule has 0 aromatic rings. The Morgan fingerprint density at radius 3 is 2.40 bits per heavy atom. The first kappa shape index (κ1) is 24.2. The van der Waals surface area contributed by atoms with Gasteiger partial charge in [0.1, 0.15) is 30.0 Å². The van der Waals surface area contributed by atoms with E-state index in [1.165, 1.54) is 23.6 Å². The minimum absolute atomic E-state index is 0.0470. The number of primary amides is 1. The maximum atomic E-state index is 13.3. The summed E-state index contributed by atoms with van der Waals surface area (Å²) in [6, 6.07) is -2.95. The molecule has 170 valence electrons. The lowest BCUT2D eigenvalue weighted by Crippen LogP contribution is -2.62. The second-order valence-corrected chi connectivity index (χ2v) is 8.27. The monoisotopic (exact) mass is 427 g/mol. The number of aliphatic hydroxyl groups excluding tert-OH is 2. The molecule has 0 spiro atoms. The van der Waals surface area contributed by atoms with Crippen LogP contribution in [0.15, 0.2) is 0 Å². The second kappa shape index (κ2) is 9.82. The van der Waals surface area contributed by atoms with Crippen LogP contribution < -0.4 is 16.8 Å². The molecule has 2 aliphatic heterocycles. The third-order valence-electron chi connectivity index (χ3n) is 6.06. The van der Waals surface area contributed by atoms with E-state index in [4.69, 9.17) is 11.5 Å². The third kappa shape index (κ3) is 4.80. The van der Waals surface area contributed by atoms with Crippen LogP contribution in [0.3, 0.4) is 0 Å². The number of amides is 3. The quantitative estimate of drug-likeness (QED) is 0.243. The number of rotatable bonds is 9. The van der Waals surface area contributed by atoms with Crippen LogP contribution in [-0.4, -0.2) is 99.5 Å². The molecule has 0 aliphatic carbocycles. The van der Waals surface area contributed by atoms with Crippen molar-refractivity contribution in [2.75, 3.05) is 19.6 Å². The van der Waals surface area contributed by atoms with Gasteiger partial charge in [-0.1, -0.05) is 0 Å². The minimum atomic E-state index is -1.20. The summed E-state index contributed by atoms with van der Waals surface area (Å²) in [7, 11) is 0.